The molecule has 0 fully saturated rings. The largest absolute Gasteiger partial charge is 0.465 e. The van der Waals surface area contributed by atoms with Crippen molar-refractivity contribution in [2.75, 3.05) is 13.7 Å². The Morgan fingerprint density at radius 1 is 1.60 bits per heavy atom. The predicted octanol–water partition coefficient (Wildman–Crippen LogP) is 1.50. The van der Waals surface area contributed by atoms with Gasteiger partial charge in [0.1, 0.15) is 0 Å². The highest BCUT2D eigenvalue weighted by molar-refractivity contribution is 5.91. The van der Waals surface area contributed by atoms with E-state index in [1.165, 1.54) is 7.11 Å². The van der Waals surface area contributed by atoms with E-state index in [-0.39, 0.29) is 18.5 Å². The van der Waals surface area contributed by atoms with Crippen molar-refractivity contribution in [2.45, 2.75) is 18.8 Å². The Bertz CT molecular complexity index is 384. The highest BCUT2D eigenvalue weighted by Gasteiger charge is 2.26. The third-order valence-corrected chi connectivity index (χ3v) is 3.02. The van der Waals surface area contributed by atoms with Crippen molar-refractivity contribution in [3.05, 3.63) is 34.9 Å². The van der Waals surface area contributed by atoms with Gasteiger partial charge in [0.2, 0.25) is 0 Å². The first-order valence-corrected chi connectivity index (χ1v) is 5.09. The molecule has 0 saturated carbocycles. The Labute approximate surface area is 88.7 Å². The maximum absolute atomic E-state index is 11.5. The van der Waals surface area contributed by atoms with Gasteiger partial charge >= 0.3 is 5.97 Å². The van der Waals surface area contributed by atoms with Gasteiger partial charge in [0.25, 0.3) is 0 Å². The molecule has 2 rings (SSSR count). The zero-order valence-corrected chi connectivity index (χ0v) is 8.69. The first kappa shape index (κ1) is 10.2. The molecule has 0 aliphatic heterocycles. The molecule has 0 radical (unpaired) electrons. The van der Waals surface area contributed by atoms with Gasteiger partial charge in [-0.05, 0) is 30.0 Å². The molecule has 1 atom stereocenters. The molecule has 1 aromatic carbocycles. The predicted molar refractivity (Wildman–Crippen MR) is 55.9 cm³/mol. The highest BCUT2D eigenvalue weighted by Crippen LogP contribution is 2.34. The van der Waals surface area contributed by atoms with E-state index in [1.807, 2.05) is 12.1 Å². The topological polar surface area (TPSA) is 46.5 Å². The number of hydrogen-bond acceptors (Lipinski definition) is 3. The van der Waals surface area contributed by atoms with Gasteiger partial charge in [-0.3, -0.25) is 0 Å². The molecular formula is C12H14O3. The van der Waals surface area contributed by atoms with Crippen LogP contribution in [0.3, 0.4) is 0 Å². The molecule has 0 aromatic heterocycles. The number of hydrogen-bond donors (Lipinski definition) is 1. The molecule has 1 aliphatic rings. The van der Waals surface area contributed by atoms with Gasteiger partial charge in [-0.1, -0.05) is 12.1 Å². The second kappa shape index (κ2) is 4.03. The summed E-state index contributed by atoms with van der Waals surface area (Å²) in [6.07, 6.45) is 1.77. The molecule has 3 heteroatoms. The smallest absolute Gasteiger partial charge is 0.338 e. The van der Waals surface area contributed by atoms with Crippen molar-refractivity contribution in [2.24, 2.45) is 0 Å². The lowest BCUT2D eigenvalue weighted by molar-refractivity contribution is 0.0599. The van der Waals surface area contributed by atoms with Crippen LogP contribution in [0.2, 0.25) is 0 Å². The first-order chi connectivity index (χ1) is 7.27. The highest BCUT2D eigenvalue weighted by atomic mass is 16.5. The Kier molecular flexibility index (Phi) is 2.73. The Morgan fingerprint density at radius 3 is 3.07 bits per heavy atom. The van der Waals surface area contributed by atoms with Crippen LogP contribution in [0.25, 0.3) is 0 Å². The molecule has 1 N–H and O–H groups in total. The molecule has 0 spiro atoms. The van der Waals surface area contributed by atoms with Gasteiger partial charge < -0.3 is 9.84 Å². The molecule has 0 bridgehead atoms. The Hall–Kier alpha value is -1.35. The van der Waals surface area contributed by atoms with Crippen LogP contribution in [0.15, 0.2) is 18.2 Å². The van der Waals surface area contributed by atoms with Crippen LogP contribution in [0, 0.1) is 0 Å². The van der Waals surface area contributed by atoms with Crippen molar-refractivity contribution < 1.29 is 14.6 Å². The lowest BCUT2D eigenvalue weighted by Crippen LogP contribution is -2.06. The summed E-state index contributed by atoms with van der Waals surface area (Å²) in [5.74, 6) is -0.102. The number of aliphatic hydroxyl groups excluding tert-OH is 1. The van der Waals surface area contributed by atoms with E-state index in [0.717, 1.165) is 24.0 Å². The maximum atomic E-state index is 11.5. The standard InChI is InChI=1S/C12H14O3/c1-15-12(14)11-4-2-3-9-8(7-13)5-6-10(9)11/h2-4,8,13H,5-7H2,1H3/t8-/m0/s1. The SMILES string of the molecule is COC(=O)c1cccc2c1CC[C@H]2CO. The van der Waals surface area contributed by atoms with E-state index in [4.69, 9.17) is 4.74 Å². The number of carbonyl (C=O) groups excluding carboxylic acids is 1. The zero-order valence-electron chi connectivity index (χ0n) is 8.69. The quantitative estimate of drug-likeness (QED) is 0.746. The fourth-order valence-electron chi connectivity index (χ4n) is 2.23. The summed E-state index contributed by atoms with van der Waals surface area (Å²) in [4.78, 5) is 11.5. The van der Waals surface area contributed by atoms with Crippen molar-refractivity contribution in [1.82, 2.24) is 0 Å². The summed E-state index contributed by atoms with van der Waals surface area (Å²) in [7, 11) is 1.39. The lowest BCUT2D eigenvalue weighted by atomic mass is 9.99. The van der Waals surface area contributed by atoms with Gasteiger partial charge in [0.15, 0.2) is 0 Å². The minimum atomic E-state index is -0.287. The third kappa shape index (κ3) is 1.63. The van der Waals surface area contributed by atoms with Crippen LogP contribution >= 0.6 is 0 Å². The average Bonchev–Trinajstić information content (AvgIpc) is 2.70. The van der Waals surface area contributed by atoms with E-state index >= 15 is 0 Å². The number of ether oxygens (including phenoxy) is 1. The van der Waals surface area contributed by atoms with Crippen LogP contribution in [0.4, 0.5) is 0 Å². The van der Waals surface area contributed by atoms with Gasteiger partial charge in [-0.2, -0.15) is 0 Å². The molecule has 1 aliphatic carbocycles. The van der Waals surface area contributed by atoms with Crippen LogP contribution in [-0.2, 0) is 11.2 Å². The van der Waals surface area contributed by atoms with Gasteiger partial charge in [-0.15, -0.1) is 0 Å². The minimum Gasteiger partial charge on any atom is -0.465 e. The summed E-state index contributed by atoms with van der Waals surface area (Å²) in [5, 5.41) is 9.18. The number of benzene rings is 1. The Morgan fingerprint density at radius 2 is 2.40 bits per heavy atom. The van der Waals surface area contributed by atoms with Crippen LogP contribution in [0.5, 0.6) is 0 Å². The summed E-state index contributed by atoms with van der Waals surface area (Å²) >= 11 is 0. The number of rotatable bonds is 2. The van der Waals surface area contributed by atoms with Crippen LogP contribution in [0.1, 0.15) is 33.8 Å². The molecule has 1 aromatic rings. The van der Waals surface area contributed by atoms with E-state index in [0.29, 0.717) is 5.56 Å². The Balaban J connectivity index is 2.44. The van der Waals surface area contributed by atoms with E-state index in [9.17, 15) is 9.90 Å². The number of methoxy groups -OCH3 is 1. The van der Waals surface area contributed by atoms with Crippen LogP contribution in [-0.4, -0.2) is 24.8 Å². The van der Waals surface area contributed by atoms with E-state index in [1.54, 1.807) is 6.07 Å². The van der Waals surface area contributed by atoms with Gasteiger partial charge in [0, 0.05) is 12.5 Å². The van der Waals surface area contributed by atoms with Crippen molar-refractivity contribution in [3.63, 3.8) is 0 Å². The first-order valence-electron chi connectivity index (χ1n) is 5.09. The summed E-state index contributed by atoms with van der Waals surface area (Å²) in [5.41, 5.74) is 2.79. The fourth-order valence-corrected chi connectivity index (χ4v) is 2.23. The molecule has 3 nitrogen and oxygen atoms in total. The minimum absolute atomic E-state index is 0.150. The average molecular weight is 206 g/mol. The molecule has 0 unspecified atom stereocenters. The molecule has 80 valence electrons. The summed E-state index contributed by atoms with van der Waals surface area (Å²) < 4.78 is 4.73. The lowest BCUT2D eigenvalue weighted by Gasteiger charge is -2.09. The number of fused-ring (bicyclic) bond motifs is 1. The second-order valence-corrected chi connectivity index (χ2v) is 3.78. The van der Waals surface area contributed by atoms with Crippen molar-refractivity contribution >= 4 is 5.97 Å². The summed E-state index contributed by atoms with van der Waals surface area (Å²) in [6.45, 7) is 0.150. The third-order valence-electron chi connectivity index (χ3n) is 3.02. The fraction of sp³-hybridized carbons (Fsp3) is 0.417. The van der Waals surface area contributed by atoms with Gasteiger partial charge in [-0.25, -0.2) is 4.79 Å². The van der Waals surface area contributed by atoms with Crippen molar-refractivity contribution in [3.8, 4) is 0 Å². The molecule has 0 saturated heterocycles. The van der Waals surface area contributed by atoms with Crippen molar-refractivity contribution in [1.29, 1.82) is 0 Å². The normalized spacial score (nSPS) is 18.7. The molecule has 0 amide bonds. The maximum Gasteiger partial charge on any atom is 0.338 e. The number of carbonyl (C=O) groups is 1. The second-order valence-electron chi connectivity index (χ2n) is 3.78. The molecular weight excluding hydrogens is 192 g/mol. The summed E-state index contributed by atoms with van der Waals surface area (Å²) in [6, 6.07) is 5.61. The zero-order chi connectivity index (χ0) is 10.8. The molecule has 15 heavy (non-hydrogen) atoms. The van der Waals surface area contributed by atoms with E-state index in [2.05, 4.69) is 0 Å². The number of aliphatic hydroxyl groups is 1. The monoisotopic (exact) mass is 206 g/mol. The molecule has 0 heterocycles. The van der Waals surface area contributed by atoms with E-state index < -0.39 is 0 Å². The number of esters is 1. The van der Waals surface area contributed by atoms with Crippen LogP contribution < -0.4 is 0 Å². The van der Waals surface area contributed by atoms with Gasteiger partial charge in [0.05, 0.1) is 12.7 Å².